The average molecular weight is 446 g/mol. The normalized spacial score (nSPS) is 11.2. The summed E-state index contributed by atoms with van der Waals surface area (Å²) in [4.78, 5) is 26.7. The van der Waals surface area contributed by atoms with Gasteiger partial charge in [-0.05, 0) is 56.3 Å². The van der Waals surface area contributed by atoms with Crippen LogP contribution in [-0.4, -0.2) is 30.8 Å². The van der Waals surface area contributed by atoms with Crippen LogP contribution in [0.25, 0.3) is 0 Å². The van der Waals surface area contributed by atoms with Crippen LogP contribution in [0.4, 0.5) is 10.1 Å². The number of hydrogen-bond acceptors (Lipinski definition) is 2. The van der Waals surface area contributed by atoms with Gasteiger partial charge in [0, 0.05) is 29.7 Å². The molecular weight excluding hydrogens is 426 g/mol. The molecule has 2 aromatic carbocycles. The lowest BCUT2D eigenvalue weighted by Gasteiger charge is -2.25. The van der Waals surface area contributed by atoms with Gasteiger partial charge in [0.15, 0.2) is 0 Å². The van der Waals surface area contributed by atoms with Gasteiger partial charge < -0.3 is 10.2 Å². The van der Waals surface area contributed by atoms with Gasteiger partial charge >= 0.3 is 0 Å². The summed E-state index contributed by atoms with van der Waals surface area (Å²) < 4.78 is 13.3. The molecule has 28 heavy (non-hydrogen) atoms. The second-order valence-corrected chi connectivity index (χ2v) is 7.94. The molecule has 0 spiro atoms. The number of rotatable bonds is 7. The Morgan fingerprint density at radius 2 is 1.75 bits per heavy atom. The van der Waals surface area contributed by atoms with Gasteiger partial charge in [0.2, 0.25) is 5.91 Å². The van der Waals surface area contributed by atoms with Gasteiger partial charge in [0.25, 0.3) is 5.91 Å². The average Bonchev–Trinajstić information content (AvgIpc) is 2.65. The van der Waals surface area contributed by atoms with Gasteiger partial charge in [-0.2, -0.15) is 0 Å². The summed E-state index contributed by atoms with van der Waals surface area (Å²) in [5, 5.41) is 3.38. The third kappa shape index (κ3) is 5.60. The number of amides is 2. The van der Waals surface area contributed by atoms with E-state index in [0.29, 0.717) is 10.7 Å². The van der Waals surface area contributed by atoms with Crippen LogP contribution in [0.3, 0.4) is 0 Å². The Kier molecular flexibility index (Phi) is 7.70. The van der Waals surface area contributed by atoms with Crippen LogP contribution in [0.2, 0.25) is 10.0 Å². The molecule has 2 aromatic rings. The molecule has 1 N–H and O–H groups in total. The highest BCUT2D eigenvalue weighted by molar-refractivity contribution is 6.37. The molecule has 4 nitrogen and oxygen atoms in total. The predicted octanol–water partition coefficient (Wildman–Crippen LogP) is 5.16. The molecule has 0 unspecified atom stereocenters. The minimum absolute atomic E-state index is 0.160. The summed E-state index contributed by atoms with van der Waals surface area (Å²) in [6.45, 7) is 3.80. The SMILES string of the molecule is CC(C)(CCl)C(=O)NCCN(C(=O)c1ccc(Cl)cc1Cl)c1ccc(F)cc1. The molecule has 2 rings (SSSR count). The van der Waals surface area contributed by atoms with Gasteiger partial charge in [-0.3, -0.25) is 9.59 Å². The Morgan fingerprint density at radius 1 is 1.11 bits per heavy atom. The van der Waals surface area contributed by atoms with Crippen molar-refractivity contribution in [2.24, 2.45) is 5.41 Å². The van der Waals surface area contributed by atoms with Crippen molar-refractivity contribution in [2.45, 2.75) is 13.8 Å². The maximum Gasteiger partial charge on any atom is 0.259 e. The van der Waals surface area contributed by atoms with E-state index in [4.69, 9.17) is 34.8 Å². The number of nitrogens with zero attached hydrogens (tertiary/aromatic N) is 1. The summed E-state index contributed by atoms with van der Waals surface area (Å²) >= 11 is 17.9. The zero-order chi connectivity index (χ0) is 20.9. The first-order valence-electron chi connectivity index (χ1n) is 8.52. The van der Waals surface area contributed by atoms with Crippen LogP contribution in [-0.2, 0) is 4.79 Å². The standard InChI is InChI=1S/C20H20Cl3FN2O2/c1-20(2,12-21)19(28)25-9-10-26(15-6-4-14(24)5-7-15)18(27)16-8-3-13(22)11-17(16)23/h3-8,11H,9-10,12H2,1-2H3,(H,25,28). The van der Waals surface area contributed by atoms with Gasteiger partial charge in [-0.25, -0.2) is 4.39 Å². The zero-order valence-corrected chi connectivity index (χ0v) is 17.7. The van der Waals surface area contributed by atoms with E-state index in [0.717, 1.165) is 0 Å². The minimum Gasteiger partial charge on any atom is -0.354 e. The fraction of sp³-hybridized carbons (Fsp3) is 0.300. The lowest BCUT2D eigenvalue weighted by molar-refractivity contribution is -0.128. The minimum atomic E-state index is -0.730. The van der Waals surface area contributed by atoms with E-state index in [9.17, 15) is 14.0 Å². The molecule has 0 aromatic heterocycles. The van der Waals surface area contributed by atoms with Crippen LogP contribution >= 0.6 is 34.8 Å². The van der Waals surface area contributed by atoms with Gasteiger partial charge in [-0.15, -0.1) is 11.6 Å². The van der Waals surface area contributed by atoms with Gasteiger partial charge in [0.1, 0.15) is 5.82 Å². The van der Waals surface area contributed by atoms with Crippen molar-refractivity contribution in [3.8, 4) is 0 Å². The van der Waals surface area contributed by atoms with Crippen molar-refractivity contribution >= 4 is 52.3 Å². The van der Waals surface area contributed by atoms with E-state index in [2.05, 4.69) is 5.32 Å². The smallest absolute Gasteiger partial charge is 0.259 e. The number of benzene rings is 2. The molecule has 0 fully saturated rings. The summed E-state index contributed by atoms with van der Waals surface area (Å²) in [5.74, 6) is -0.865. The summed E-state index contributed by atoms with van der Waals surface area (Å²) in [6, 6.07) is 10.1. The molecule has 150 valence electrons. The number of carbonyl (C=O) groups is 2. The molecule has 0 aliphatic rings. The lowest BCUT2D eigenvalue weighted by atomic mass is 9.95. The van der Waals surface area contributed by atoms with E-state index in [1.165, 1.54) is 41.3 Å². The van der Waals surface area contributed by atoms with Gasteiger partial charge in [-0.1, -0.05) is 23.2 Å². The summed E-state index contributed by atoms with van der Waals surface area (Å²) in [5.41, 5.74) is -0.00255. The van der Waals surface area contributed by atoms with Crippen LogP contribution in [0.1, 0.15) is 24.2 Å². The number of carbonyl (C=O) groups excluding carboxylic acids is 2. The first-order chi connectivity index (χ1) is 13.2. The fourth-order valence-electron chi connectivity index (χ4n) is 2.36. The van der Waals surface area contributed by atoms with Crippen molar-refractivity contribution < 1.29 is 14.0 Å². The Labute approximate surface area is 178 Å². The topological polar surface area (TPSA) is 49.4 Å². The highest BCUT2D eigenvalue weighted by atomic mass is 35.5. The molecule has 0 heterocycles. The third-order valence-corrected chi connectivity index (χ3v) is 5.33. The van der Waals surface area contributed by atoms with Crippen molar-refractivity contribution in [3.63, 3.8) is 0 Å². The van der Waals surface area contributed by atoms with Crippen molar-refractivity contribution in [1.29, 1.82) is 0 Å². The van der Waals surface area contributed by atoms with E-state index < -0.39 is 11.2 Å². The number of anilines is 1. The Bertz CT molecular complexity index is 857. The van der Waals surface area contributed by atoms with E-state index in [1.807, 2.05) is 0 Å². The number of halogens is 4. The molecule has 2 amide bonds. The number of alkyl halides is 1. The third-order valence-electron chi connectivity index (χ3n) is 4.11. The molecule has 0 saturated carbocycles. The maximum atomic E-state index is 13.3. The molecule has 0 saturated heterocycles. The van der Waals surface area contributed by atoms with Crippen LogP contribution in [0.15, 0.2) is 42.5 Å². The Morgan fingerprint density at radius 3 is 2.32 bits per heavy atom. The molecule has 8 heteroatoms. The molecule has 0 bridgehead atoms. The molecule has 0 aliphatic heterocycles. The maximum absolute atomic E-state index is 13.3. The van der Waals surface area contributed by atoms with Gasteiger partial charge in [0.05, 0.1) is 16.0 Å². The predicted molar refractivity (Wildman–Crippen MR) is 112 cm³/mol. The van der Waals surface area contributed by atoms with Crippen molar-refractivity contribution in [2.75, 3.05) is 23.9 Å². The second kappa shape index (κ2) is 9.59. The highest BCUT2D eigenvalue weighted by Crippen LogP contribution is 2.25. The lowest BCUT2D eigenvalue weighted by Crippen LogP contribution is -2.43. The summed E-state index contributed by atoms with van der Waals surface area (Å²) in [7, 11) is 0. The fourth-order valence-corrected chi connectivity index (χ4v) is 2.97. The molecule has 0 radical (unpaired) electrons. The van der Waals surface area contributed by atoms with Crippen molar-refractivity contribution in [1.82, 2.24) is 5.32 Å². The Hall–Kier alpha value is -1.82. The number of nitrogens with one attached hydrogen (secondary N) is 1. The summed E-state index contributed by atoms with van der Waals surface area (Å²) in [6.07, 6.45) is 0. The van der Waals surface area contributed by atoms with E-state index in [1.54, 1.807) is 19.9 Å². The zero-order valence-electron chi connectivity index (χ0n) is 15.4. The first-order valence-corrected chi connectivity index (χ1v) is 9.81. The first kappa shape index (κ1) is 22.5. The van der Waals surface area contributed by atoms with E-state index in [-0.39, 0.29) is 41.4 Å². The molecular formula is C20H20Cl3FN2O2. The van der Waals surface area contributed by atoms with Crippen LogP contribution in [0.5, 0.6) is 0 Å². The van der Waals surface area contributed by atoms with Crippen LogP contribution < -0.4 is 10.2 Å². The molecule has 0 atom stereocenters. The second-order valence-electron chi connectivity index (χ2n) is 6.83. The molecule has 0 aliphatic carbocycles. The number of hydrogen-bond donors (Lipinski definition) is 1. The van der Waals surface area contributed by atoms with Crippen molar-refractivity contribution in [3.05, 3.63) is 63.9 Å². The Balaban J connectivity index is 2.24. The quantitative estimate of drug-likeness (QED) is 0.598. The van der Waals surface area contributed by atoms with E-state index >= 15 is 0 Å². The monoisotopic (exact) mass is 444 g/mol. The largest absolute Gasteiger partial charge is 0.354 e. The highest BCUT2D eigenvalue weighted by Gasteiger charge is 2.27. The van der Waals surface area contributed by atoms with Crippen LogP contribution in [0, 0.1) is 11.2 Å².